The maximum Gasteiger partial charge on any atom is 0.154 e. The monoisotopic (exact) mass is 257 g/mol. The topological polar surface area (TPSA) is 57.9 Å². The van der Waals surface area contributed by atoms with Crippen LogP contribution in [0.1, 0.15) is 46.5 Å². The zero-order valence-corrected chi connectivity index (χ0v) is 11.8. The van der Waals surface area contributed by atoms with Crippen LogP contribution in [0.5, 0.6) is 0 Å². The molecule has 4 unspecified atom stereocenters. The van der Waals surface area contributed by atoms with Crippen molar-refractivity contribution in [1.29, 1.82) is 5.26 Å². The van der Waals surface area contributed by atoms with Crippen LogP contribution >= 0.6 is 0 Å². The van der Waals surface area contributed by atoms with Crippen molar-refractivity contribution in [3.8, 4) is 6.07 Å². The van der Waals surface area contributed by atoms with E-state index in [-0.39, 0.29) is 17.6 Å². The van der Waals surface area contributed by atoms with Gasteiger partial charge in [-0.3, -0.25) is 0 Å². The Bertz CT molecular complexity index is 383. The van der Waals surface area contributed by atoms with Crippen LogP contribution < -0.4 is 0 Å². The van der Waals surface area contributed by atoms with E-state index in [9.17, 15) is 8.42 Å². The lowest BCUT2D eigenvalue weighted by atomic mass is 9.83. The van der Waals surface area contributed by atoms with Crippen LogP contribution in [0.2, 0.25) is 0 Å². The van der Waals surface area contributed by atoms with Crippen LogP contribution in [0.4, 0.5) is 0 Å². The first-order valence-corrected chi connectivity index (χ1v) is 8.23. The van der Waals surface area contributed by atoms with Crippen LogP contribution in [-0.2, 0) is 9.84 Å². The van der Waals surface area contributed by atoms with E-state index < -0.39 is 15.1 Å². The van der Waals surface area contributed by atoms with E-state index in [1.807, 2.05) is 13.8 Å². The van der Waals surface area contributed by atoms with Gasteiger partial charge in [0.15, 0.2) is 9.84 Å². The van der Waals surface area contributed by atoms with Gasteiger partial charge in [0, 0.05) is 0 Å². The highest BCUT2D eigenvalue weighted by Gasteiger charge is 2.38. The first-order valence-electron chi connectivity index (χ1n) is 6.51. The minimum atomic E-state index is -3.11. The maximum atomic E-state index is 12.3. The molecule has 0 aliphatic heterocycles. The molecule has 0 bridgehead atoms. The molecule has 98 valence electrons. The molecule has 4 heteroatoms. The highest BCUT2D eigenvalue weighted by molar-refractivity contribution is 7.92. The summed E-state index contributed by atoms with van der Waals surface area (Å²) in [4.78, 5) is 0. The second-order valence-electron chi connectivity index (χ2n) is 5.54. The Balaban J connectivity index is 2.83. The van der Waals surface area contributed by atoms with Gasteiger partial charge < -0.3 is 0 Å². The van der Waals surface area contributed by atoms with Gasteiger partial charge in [-0.2, -0.15) is 5.26 Å². The average Bonchev–Trinajstić information content (AvgIpc) is 2.28. The fourth-order valence-corrected chi connectivity index (χ4v) is 5.11. The summed E-state index contributed by atoms with van der Waals surface area (Å²) in [7, 11) is -3.11. The summed E-state index contributed by atoms with van der Waals surface area (Å²) in [6.07, 6.45) is 3.26. The largest absolute Gasteiger partial charge is 0.228 e. The summed E-state index contributed by atoms with van der Waals surface area (Å²) in [6.45, 7) is 6.05. The lowest BCUT2D eigenvalue weighted by Crippen LogP contribution is -2.37. The smallest absolute Gasteiger partial charge is 0.154 e. The third kappa shape index (κ3) is 3.70. The fourth-order valence-electron chi connectivity index (χ4n) is 2.51. The van der Waals surface area contributed by atoms with Crippen molar-refractivity contribution < 1.29 is 8.42 Å². The predicted molar refractivity (Wildman–Crippen MR) is 69.1 cm³/mol. The van der Waals surface area contributed by atoms with Crippen molar-refractivity contribution in [2.24, 2.45) is 17.8 Å². The van der Waals surface area contributed by atoms with E-state index >= 15 is 0 Å². The summed E-state index contributed by atoms with van der Waals surface area (Å²) >= 11 is 0. The van der Waals surface area contributed by atoms with E-state index in [0.717, 1.165) is 19.3 Å². The molecule has 0 N–H and O–H groups in total. The molecule has 0 aromatic heterocycles. The highest BCUT2D eigenvalue weighted by atomic mass is 32.2. The molecule has 0 heterocycles. The molecule has 0 aromatic carbocycles. The molecule has 1 rings (SSSR count). The second kappa shape index (κ2) is 5.86. The van der Waals surface area contributed by atoms with E-state index in [0.29, 0.717) is 12.3 Å². The van der Waals surface area contributed by atoms with Gasteiger partial charge >= 0.3 is 0 Å². The molecule has 0 aromatic rings. The van der Waals surface area contributed by atoms with Crippen LogP contribution in [0.25, 0.3) is 0 Å². The first-order chi connectivity index (χ1) is 7.90. The number of sulfone groups is 1. The van der Waals surface area contributed by atoms with Crippen molar-refractivity contribution in [1.82, 2.24) is 0 Å². The Labute approximate surface area is 105 Å². The third-order valence-electron chi connectivity index (χ3n) is 3.89. The quantitative estimate of drug-likeness (QED) is 0.778. The molecular weight excluding hydrogens is 234 g/mol. The summed E-state index contributed by atoms with van der Waals surface area (Å²) < 4.78 is 24.6. The zero-order valence-electron chi connectivity index (χ0n) is 11.0. The molecule has 1 fully saturated rings. The van der Waals surface area contributed by atoms with E-state index in [1.165, 1.54) is 0 Å². The standard InChI is InChI=1S/C13H23NO2S/c1-4-10(2)9-17(15,16)13-7-11(3)5-6-12(13)8-14/h10-13H,4-7,9H2,1-3H3. The lowest BCUT2D eigenvalue weighted by molar-refractivity contribution is 0.333. The third-order valence-corrected chi connectivity index (χ3v) is 6.37. The maximum absolute atomic E-state index is 12.3. The molecule has 1 aliphatic carbocycles. The highest BCUT2D eigenvalue weighted by Crippen LogP contribution is 2.33. The number of rotatable bonds is 4. The number of hydrogen-bond donors (Lipinski definition) is 0. The molecule has 0 spiro atoms. The van der Waals surface area contributed by atoms with Gasteiger partial charge in [0.1, 0.15) is 0 Å². The molecule has 0 radical (unpaired) electrons. The second-order valence-corrected chi connectivity index (χ2v) is 7.80. The minimum absolute atomic E-state index is 0.191. The lowest BCUT2D eigenvalue weighted by Gasteiger charge is -2.31. The van der Waals surface area contributed by atoms with E-state index in [4.69, 9.17) is 5.26 Å². The van der Waals surface area contributed by atoms with Gasteiger partial charge in [-0.05, 0) is 31.1 Å². The van der Waals surface area contributed by atoms with Crippen molar-refractivity contribution in [3.63, 3.8) is 0 Å². The molecule has 3 nitrogen and oxygen atoms in total. The summed E-state index contributed by atoms with van der Waals surface area (Å²) in [5.74, 6) is 0.562. The molecule has 17 heavy (non-hydrogen) atoms. The summed E-state index contributed by atoms with van der Waals surface area (Å²) in [5, 5.41) is 8.66. The average molecular weight is 257 g/mol. The van der Waals surface area contributed by atoms with E-state index in [2.05, 4.69) is 13.0 Å². The Kier molecular flexibility index (Phi) is 5.00. The van der Waals surface area contributed by atoms with Gasteiger partial charge in [-0.1, -0.05) is 27.2 Å². The van der Waals surface area contributed by atoms with Gasteiger partial charge in [-0.25, -0.2) is 8.42 Å². The van der Waals surface area contributed by atoms with Crippen LogP contribution in [0.3, 0.4) is 0 Å². The van der Waals surface area contributed by atoms with Crippen molar-refractivity contribution in [2.75, 3.05) is 5.75 Å². The number of hydrogen-bond acceptors (Lipinski definition) is 3. The van der Waals surface area contributed by atoms with Gasteiger partial charge in [0.05, 0.1) is 23.0 Å². The Morgan fingerprint density at radius 2 is 2.06 bits per heavy atom. The van der Waals surface area contributed by atoms with Gasteiger partial charge in [0.25, 0.3) is 0 Å². The SMILES string of the molecule is CCC(C)CS(=O)(=O)C1CC(C)CCC1C#N. The number of nitriles is 1. The molecule has 1 aliphatic rings. The molecular formula is C13H23NO2S. The summed E-state index contributed by atoms with van der Waals surface area (Å²) in [6, 6.07) is 2.19. The minimum Gasteiger partial charge on any atom is -0.228 e. The molecule has 0 amide bonds. The number of nitrogens with zero attached hydrogens (tertiary/aromatic N) is 1. The Hall–Kier alpha value is -0.560. The Morgan fingerprint density at radius 3 is 2.59 bits per heavy atom. The molecule has 0 saturated heterocycles. The van der Waals surface area contributed by atoms with Crippen LogP contribution in [0.15, 0.2) is 0 Å². The molecule has 1 saturated carbocycles. The zero-order chi connectivity index (χ0) is 13.1. The van der Waals surface area contributed by atoms with Crippen LogP contribution in [-0.4, -0.2) is 19.4 Å². The van der Waals surface area contributed by atoms with Crippen molar-refractivity contribution in [3.05, 3.63) is 0 Å². The Morgan fingerprint density at radius 1 is 1.41 bits per heavy atom. The normalized spacial score (nSPS) is 31.8. The van der Waals surface area contributed by atoms with Gasteiger partial charge in [-0.15, -0.1) is 0 Å². The molecule has 4 atom stereocenters. The van der Waals surface area contributed by atoms with E-state index in [1.54, 1.807) is 0 Å². The van der Waals surface area contributed by atoms with Crippen LogP contribution in [0, 0.1) is 29.1 Å². The first kappa shape index (κ1) is 14.5. The van der Waals surface area contributed by atoms with Crippen molar-refractivity contribution >= 4 is 9.84 Å². The fraction of sp³-hybridized carbons (Fsp3) is 0.923. The van der Waals surface area contributed by atoms with Gasteiger partial charge in [0.2, 0.25) is 0 Å². The van der Waals surface area contributed by atoms with Crippen molar-refractivity contribution in [2.45, 2.75) is 51.7 Å². The summed E-state index contributed by atoms with van der Waals surface area (Å²) in [5.41, 5.74) is 0. The predicted octanol–water partition coefficient (Wildman–Crippen LogP) is 2.78.